The van der Waals surface area contributed by atoms with Gasteiger partial charge in [0.25, 0.3) is 0 Å². The Kier molecular flexibility index (Phi) is 10.9. The number of hydrogen-bond acceptors (Lipinski definition) is 1. The maximum atomic E-state index is 2.49. The van der Waals surface area contributed by atoms with Gasteiger partial charge in [0.15, 0.2) is 0 Å². The van der Waals surface area contributed by atoms with E-state index in [1.54, 1.807) is 0 Å². The van der Waals surface area contributed by atoms with Crippen molar-refractivity contribution in [1.82, 2.24) is 0 Å². The van der Waals surface area contributed by atoms with Crippen molar-refractivity contribution < 1.29 is 0 Å². The lowest BCUT2D eigenvalue weighted by atomic mass is 9.82. The van der Waals surface area contributed by atoms with E-state index in [4.69, 9.17) is 0 Å². The van der Waals surface area contributed by atoms with E-state index in [1.807, 2.05) is 0 Å². The van der Waals surface area contributed by atoms with Crippen LogP contribution in [0.5, 0.6) is 0 Å². The molecule has 350 valence electrons. The highest BCUT2D eigenvalue weighted by Crippen LogP contribution is 2.49. The van der Waals surface area contributed by atoms with E-state index in [9.17, 15) is 0 Å². The fourth-order valence-electron chi connectivity index (χ4n) is 11.7. The Balaban J connectivity index is 0.937. The van der Waals surface area contributed by atoms with E-state index in [1.165, 1.54) is 115 Å². The van der Waals surface area contributed by atoms with E-state index in [2.05, 4.69) is 302 Å². The van der Waals surface area contributed by atoms with E-state index in [-0.39, 0.29) is 0 Å². The molecule has 0 fully saturated rings. The number of hydrogen-bond donors (Lipinski definition) is 0. The molecule has 1 heteroatoms. The smallest absolute Gasteiger partial charge is 0.0462 e. The highest BCUT2D eigenvalue weighted by Gasteiger charge is 2.22. The highest BCUT2D eigenvalue weighted by molar-refractivity contribution is 6.25. The number of rotatable bonds is 9. The summed E-state index contributed by atoms with van der Waals surface area (Å²) in [5.74, 6) is 0. The maximum Gasteiger partial charge on any atom is 0.0462 e. The lowest BCUT2D eigenvalue weighted by Gasteiger charge is -2.26. The molecule has 0 heterocycles. The quantitative estimate of drug-likeness (QED) is 0.103. The first-order valence-corrected chi connectivity index (χ1v) is 25.9. The molecule has 0 radical (unpaired) electrons. The summed E-state index contributed by atoms with van der Waals surface area (Å²) in [6.07, 6.45) is 4.34. The van der Waals surface area contributed by atoms with Gasteiger partial charge in [0.2, 0.25) is 0 Å². The van der Waals surface area contributed by atoms with Gasteiger partial charge < -0.3 is 4.90 Å². The standard InChI is InChI=1S/C74H49N/c1-3-17-50(18-4-1)31-32-51-33-42-61(43-34-51)75(60-23-5-2-6-24-60)62-44-39-54(40-45-62)71-63-25-11-13-27-65(63)73(66-28-14-12-26-64(66)71)59-41-46-69-70(49-59)74(58-38-36-53-20-8-10-22-56(53)48-58)68-30-16-15-29-67(68)72(69)57-37-35-52-19-7-9-21-55(52)47-57/h1-49H/b32-31+. The van der Waals surface area contributed by atoms with Gasteiger partial charge >= 0.3 is 0 Å². The first-order valence-electron chi connectivity index (χ1n) is 25.9. The Bertz CT molecular complexity index is 4440. The van der Waals surface area contributed by atoms with Gasteiger partial charge in [-0.25, -0.2) is 0 Å². The van der Waals surface area contributed by atoms with Crippen molar-refractivity contribution in [2.45, 2.75) is 0 Å². The largest absolute Gasteiger partial charge is 0.311 e. The second kappa shape index (κ2) is 18.7. The van der Waals surface area contributed by atoms with Gasteiger partial charge in [0.05, 0.1) is 0 Å². The van der Waals surface area contributed by atoms with Crippen LogP contribution in [0.3, 0.4) is 0 Å². The second-order valence-electron chi connectivity index (χ2n) is 19.6. The van der Waals surface area contributed by atoms with Crippen LogP contribution in [-0.2, 0) is 0 Å². The van der Waals surface area contributed by atoms with Gasteiger partial charge in [-0.15, -0.1) is 0 Å². The third-order valence-corrected chi connectivity index (χ3v) is 15.2. The third kappa shape index (κ3) is 7.90. The van der Waals surface area contributed by atoms with Gasteiger partial charge in [0.1, 0.15) is 0 Å². The molecule has 14 aromatic rings. The van der Waals surface area contributed by atoms with Crippen LogP contribution >= 0.6 is 0 Å². The van der Waals surface area contributed by atoms with Crippen LogP contribution < -0.4 is 4.90 Å². The SMILES string of the molecule is C(=C\c1ccc(N(c2ccccc2)c2ccc(-c3c4ccccc4c(-c4ccc5c(-c6ccc7ccccc7c6)c6ccccc6c(-c6ccc7ccccc7c6)c5c4)c4ccccc34)cc2)cc1)/c1ccccc1. The van der Waals surface area contributed by atoms with E-state index < -0.39 is 0 Å². The van der Waals surface area contributed by atoms with Crippen LogP contribution in [0.1, 0.15) is 11.1 Å². The molecular weight excluding hydrogens is 903 g/mol. The predicted octanol–water partition coefficient (Wildman–Crippen LogP) is 20.9. The fourth-order valence-corrected chi connectivity index (χ4v) is 11.7. The Morgan fingerprint density at radius 2 is 0.520 bits per heavy atom. The summed E-state index contributed by atoms with van der Waals surface area (Å²) in [6.45, 7) is 0. The van der Waals surface area contributed by atoms with Crippen molar-refractivity contribution in [3.8, 4) is 44.5 Å². The minimum Gasteiger partial charge on any atom is -0.311 e. The molecule has 0 aromatic heterocycles. The number of fused-ring (bicyclic) bond motifs is 6. The average Bonchev–Trinajstić information content (AvgIpc) is 3.49. The monoisotopic (exact) mass is 951 g/mol. The molecule has 14 rings (SSSR count). The van der Waals surface area contributed by atoms with Gasteiger partial charge in [0, 0.05) is 17.1 Å². The number of nitrogens with zero attached hydrogens (tertiary/aromatic N) is 1. The molecule has 0 amide bonds. The van der Waals surface area contributed by atoms with Crippen molar-refractivity contribution in [1.29, 1.82) is 0 Å². The van der Waals surface area contributed by atoms with Gasteiger partial charge in [-0.05, 0) is 175 Å². The lowest BCUT2D eigenvalue weighted by Crippen LogP contribution is -2.09. The molecule has 1 nitrogen and oxygen atoms in total. The van der Waals surface area contributed by atoms with Crippen molar-refractivity contribution in [2.75, 3.05) is 4.90 Å². The molecule has 0 spiro atoms. The molecule has 0 bridgehead atoms. The molecule has 0 saturated carbocycles. The van der Waals surface area contributed by atoms with Crippen LogP contribution in [0.2, 0.25) is 0 Å². The zero-order chi connectivity index (χ0) is 49.7. The van der Waals surface area contributed by atoms with Gasteiger partial charge in [-0.2, -0.15) is 0 Å². The van der Waals surface area contributed by atoms with E-state index >= 15 is 0 Å². The summed E-state index contributed by atoms with van der Waals surface area (Å²) < 4.78 is 0. The summed E-state index contributed by atoms with van der Waals surface area (Å²) in [5.41, 5.74) is 15.4. The van der Waals surface area contributed by atoms with Crippen molar-refractivity contribution in [3.63, 3.8) is 0 Å². The maximum absolute atomic E-state index is 2.49. The molecule has 0 atom stereocenters. The zero-order valence-corrected chi connectivity index (χ0v) is 41.2. The average molecular weight is 952 g/mol. The summed E-state index contributed by atoms with van der Waals surface area (Å²) >= 11 is 0. The van der Waals surface area contributed by atoms with E-state index in [0.717, 1.165) is 22.6 Å². The van der Waals surface area contributed by atoms with Crippen molar-refractivity contribution >= 4 is 93.8 Å². The lowest BCUT2D eigenvalue weighted by molar-refractivity contribution is 1.28. The first kappa shape index (κ1) is 43.9. The molecule has 75 heavy (non-hydrogen) atoms. The molecule has 0 saturated heterocycles. The molecule has 14 aromatic carbocycles. The number of para-hydroxylation sites is 1. The topological polar surface area (TPSA) is 3.24 Å². The van der Waals surface area contributed by atoms with Crippen LogP contribution in [0, 0.1) is 0 Å². The molecule has 0 unspecified atom stereocenters. The number of anilines is 3. The zero-order valence-electron chi connectivity index (χ0n) is 41.2. The second-order valence-corrected chi connectivity index (χ2v) is 19.6. The van der Waals surface area contributed by atoms with Crippen LogP contribution in [0.15, 0.2) is 285 Å². The highest BCUT2D eigenvalue weighted by atomic mass is 15.1. The molecular formula is C74H49N. The van der Waals surface area contributed by atoms with Crippen LogP contribution in [0.4, 0.5) is 17.1 Å². The Labute approximate surface area is 437 Å². The van der Waals surface area contributed by atoms with Crippen LogP contribution in [-0.4, -0.2) is 0 Å². The minimum absolute atomic E-state index is 1.09. The van der Waals surface area contributed by atoms with Crippen LogP contribution in [0.25, 0.3) is 121 Å². The molecule has 0 N–H and O–H groups in total. The molecule has 0 aliphatic heterocycles. The van der Waals surface area contributed by atoms with Gasteiger partial charge in [-0.3, -0.25) is 0 Å². The van der Waals surface area contributed by atoms with Crippen molar-refractivity contribution in [2.24, 2.45) is 0 Å². The Morgan fingerprint density at radius 1 is 0.200 bits per heavy atom. The Hall–Kier alpha value is -9.82. The summed E-state index contributed by atoms with van der Waals surface area (Å²) in [5, 5.41) is 14.8. The normalized spacial score (nSPS) is 11.7. The summed E-state index contributed by atoms with van der Waals surface area (Å²) in [6, 6.07) is 105. The predicted molar refractivity (Wildman–Crippen MR) is 323 cm³/mol. The first-order chi connectivity index (χ1) is 37.2. The Morgan fingerprint density at radius 3 is 1.01 bits per heavy atom. The fraction of sp³-hybridized carbons (Fsp3) is 0. The molecule has 0 aliphatic rings. The van der Waals surface area contributed by atoms with E-state index in [0.29, 0.717) is 0 Å². The third-order valence-electron chi connectivity index (χ3n) is 15.2. The van der Waals surface area contributed by atoms with Crippen molar-refractivity contribution in [3.05, 3.63) is 296 Å². The molecule has 0 aliphatic carbocycles. The van der Waals surface area contributed by atoms with Gasteiger partial charge in [-0.1, -0.05) is 243 Å². The minimum atomic E-state index is 1.09. The summed E-state index contributed by atoms with van der Waals surface area (Å²) in [4.78, 5) is 2.34. The summed E-state index contributed by atoms with van der Waals surface area (Å²) in [7, 11) is 0. The number of benzene rings is 14.